The van der Waals surface area contributed by atoms with Crippen LogP contribution in [0.1, 0.15) is 40.1 Å². The first-order valence-electron chi connectivity index (χ1n) is 6.35. The zero-order valence-electron chi connectivity index (χ0n) is 10.8. The van der Waals surface area contributed by atoms with Gasteiger partial charge < -0.3 is 10.6 Å². The van der Waals surface area contributed by atoms with Crippen LogP contribution in [0.25, 0.3) is 0 Å². The Hall–Kier alpha value is -0.580. The van der Waals surface area contributed by atoms with Crippen LogP contribution in [0.3, 0.4) is 0 Å². The van der Waals surface area contributed by atoms with Gasteiger partial charge in [-0.2, -0.15) is 0 Å². The van der Waals surface area contributed by atoms with Gasteiger partial charge in [0.05, 0.1) is 5.56 Å². The van der Waals surface area contributed by atoms with Crippen LogP contribution in [0, 0.1) is 0 Å². The van der Waals surface area contributed by atoms with Crippen molar-refractivity contribution < 1.29 is 4.79 Å². The molecule has 0 fully saturated rings. The van der Waals surface area contributed by atoms with Gasteiger partial charge in [-0.05, 0) is 51.3 Å². The molecule has 1 aliphatic rings. The summed E-state index contributed by atoms with van der Waals surface area (Å²) >= 11 is 1.75. The van der Waals surface area contributed by atoms with Crippen molar-refractivity contribution in [2.24, 2.45) is 0 Å². The predicted octanol–water partition coefficient (Wildman–Crippen LogP) is 2.39. The van der Waals surface area contributed by atoms with Crippen LogP contribution in [0.2, 0.25) is 0 Å². The van der Waals surface area contributed by atoms with Gasteiger partial charge >= 0.3 is 0 Å². The van der Waals surface area contributed by atoms with Crippen molar-refractivity contribution in [1.29, 1.82) is 0 Å². The van der Waals surface area contributed by atoms with Gasteiger partial charge in [-0.25, -0.2) is 0 Å². The third-order valence-corrected chi connectivity index (χ3v) is 4.28. The van der Waals surface area contributed by atoms with Gasteiger partial charge in [0.25, 0.3) is 5.91 Å². The number of nitrogens with one attached hydrogen (secondary N) is 2. The number of amides is 1. The van der Waals surface area contributed by atoms with Crippen LogP contribution >= 0.6 is 23.7 Å². The van der Waals surface area contributed by atoms with Crippen LogP contribution in [0.15, 0.2) is 5.38 Å². The van der Waals surface area contributed by atoms with Crippen molar-refractivity contribution >= 4 is 29.7 Å². The topological polar surface area (TPSA) is 41.1 Å². The molecule has 0 aromatic carbocycles. The van der Waals surface area contributed by atoms with E-state index in [2.05, 4.69) is 10.6 Å². The maximum Gasteiger partial charge on any atom is 0.252 e. The lowest BCUT2D eigenvalue weighted by molar-refractivity contribution is 0.0952. The molecule has 0 aliphatic heterocycles. The fourth-order valence-corrected chi connectivity index (χ4v) is 3.37. The SMILES string of the molecule is CNCCCNC(=O)c1csc2c1CCCC2.Cl. The Labute approximate surface area is 119 Å². The van der Waals surface area contributed by atoms with Gasteiger partial charge in [0.2, 0.25) is 0 Å². The van der Waals surface area contributed by atoms with E-state index in [0.29, 0.717) is 0 Å². The highest BCUT2D eigenvalue weighted by atomic mass is 35.5. The summed E-state index contributed by atoms with van der Waals surface area (Å²) < 4.78 is 0. The second-order valence-corrected chi connectivity index (χ2v) is 5.44. The normalized spacial score (nSPS) is 13.6. The van der Waals surface area contributed by atoms with E-state index in [0.717, 1.165) is 37.9 Å². The molecule has 1 amide bonds. The number of carbonyl (C=O) groups excluding carboxylic acids is 1. The molecule has 1 aromatic heterocycles. The first-order chi connectivity index (χ1) is 8.33. The summed E-state index contributed by atoms with van der Waals surface area (Å²) in [6.07, 6.45) is 5.72. The molecule has 0 atom stereocenters. The van der Waals surface area contributed by atoms with E-state index in [4.69, 9.17) is 0 Å². The maximum atomic E-state index is 12.0. The first-order valence-corrected chi connectivity index (χ1v) is 7.23. The van der Waals surface area contributed by atoms with Crippen LogP contribution in [-0.2, 0) is 12.8 Å². The fraction of sp³-hybridized carbons (Fsp3) is 0.615. The number of halogens is 1. The molecule has 1 heterocycles. The van der Waals surface area contributed by atoms with E-state index in [9.17, 15) is 4.79 Å². The van der Waals surface area contributed by atoms with Gasteiger partial charge in [0, 0.05) is 16.8 Å². The number of rotatable bonds is 5. The lowest BCUT2D eigenvalue weighted by Gasteiger charge is -2.12. The first kappa shape index (κ1) is 15.5. The molecule has 2 N–H and O–H groups in total. The van der Waals surface area contributed by atoms with E-state index in [-0.39, 0.29) is 18.3 Å². The fourth-order valence-electron chi connectivity index (χ4n) is 2.25. The monoisotopic (exact) mass is 288 g/mol. The van der Waals surface area contributed by atoms with Gasteiger partial charge in [0.1, 0.15) is 0 Å². The molecule has 1 aromatic rings. The molecule has 0 unspecified atom stereocenters. The van der Waals surface area contributed by atoms with Crippen LogP contribution in [0.4, 0.5) is 0 Å². The third kappa shape index (κ3) is 3.70. The Bertz CT molecular complexity index is 392. The van der Waals surface area contributed by atoms with Crippen molar-refractivity contribution in [2.75, 3.05) is 20.1 Å². The highest BCUT2D eigenvalue weighted by Crippen LogP contribution is 2.29. The molecule has 1 aliphatic carbocycles. The quantitative estimate of drug-likeness (QED) is 0.817. The van der Waals surface area contributed by atoms with E-state index in [1.807, 2.05) is 12.4 Å². The minimum Gasteiger partial charge on any atom is -0.352 e. The van der Waals surface area contributed by atoms with Gasteiger partial charge in [0.15, 0.2) is 0 Å². The number of carbonyl (C=O) groups is 1. The molecule has 0 bridgehead atoms. The third-order valence-electron chi connectivity index (χ3n) is 3.20. The molecular weight excluding hydrogens is 268 g/mol. The summed E-state index contributed by atoms with van der Waals surface area (Å²) in [4.78, 5) is 13.4. The van der Waals surface area contributed by atoms with Gasteiger partial charge in [-0.1, -0.05) is 0 Å². The highest BCUT2D eigenvalue weighted by Gasteiger charge is 2.19. The second kappa shape index (κ2) is 7.77. The molecule has 0 saturated heterocycles. The van der Waals surface area contributed by atoms with E-state index in [1.165, 1.54) is 23.3 Å². The Morgan fingerprint density at radius 1 is 1.33 bits per heavy atom. The summed E-state index contributed by atoms with van der Waals surface area (Å²) in [5.74, 6) is 0.112. The summed E-state index contributed by atoms with van der Waals surface area (Å²) in [5, 5.41) is 8.11. The van der Waals surface area contributed by atoms with Crippen LogP contribution in [-0.4, -0.2) is 26.0 Å². The van der Waals surface area contributed by atoms with Crippen molar-refractivity contribution in [1.82, 2.24) is 10.6 Å². The van der Waals surface area contributed by atoms with E-state index < -0.39 is 0 Å². The predicted molar refractivity (Wildman–Crippen MR) is 79.1 cm³/mol. The molecular formula is C13H21ClN2OS. The average Bonchev–Trinajstić information content (AvgIpc) is 2.78. The lowest BCUT2D eigenvalue weighted by Crippen LogP contribution is -2.27. The van der Waals surface area contributed by atoms with Crippen molar-refractivity contribution in [2.45, 2.75) is 32.1 Å². The summed E-state index contributed by atoms with van der Waals surface area (Å²) in [5.41, 5.74) is 2.24. The second-order valence-electron chi connectivity index (χ2n) is 4.47. The number of hydrogen-bond donors (Lipinski definition) is 2. The molecule has 3 nitrogen and oxygen atoms in total. The number of fused-ring (bicyclic) bond motifs is 1. The summed E-state index contributed by atoms with van der Waals surface area (Å²) in [6, 6.07) is 0. The molecule has 0 radical (unpaired) electrons. The zero-order valence-corrected chi connectivity index (χ0v) is 12.4. The molecule has 5 heteroatoms. The Morgan fingerprint density at radius 2 is 2.11 bits per heavy atom. The zero-order chi connectivity index (χ0) is 12.1. The molecule has 0 spiro atoms. The molecule has 102 valence electrons. The number of thiophene rings is 1. The number of aryl methyl sites for hydroxylation is 1. The summed E-state index contributed by atoms with van der Waals surface area (Å²) in [7, 11) is 1.93. The maximum absolute atomic E-state index is 12.0. The van der Waals surface area contributed by atoms with Crippen molar-refractivity contribution in [3.63, 3.8) is 0 Å². The van der Waals surface area contributed by atoms with E-state index >= 15 is 0 Å². The van der Waals surface area contributed by atoms with Crippen LogP contribution < -0.4 is 10.6 Å². The average molecular weight is 289 g/mol. The van der Waals surface area contributed by atoms with Crippen molar-refractivity contribution in [3.8, 4) is 0 Å². The Balaban J connectivity index is 0.00000162. The molecule has 0 saturated carbocycles. The van der Waals surface area contributed by atoms with E-state index in [1.54, 1.807) is 11.3 Å². The highest BCUT2D eigenvalue weighted by molar-refractivity contribution is 7.10. The lowest BCUT2D eigenvalue weighted by atomic mass is 9.96. The van der Waals surface area contributed by atoms with Gasteiger partial charge in [-0.15, -0.1) is 23.7 Å². The minimum absolute atomic E-state index is 0. The summed E-state index contributed by atoms with van der Waals surface area (Å²) in [6.45, 7) is 1.70. The smallest absolute Gasteiger partial charge is 0.252 e. The standard InChI is InChI=1S/C13H20N2OS.ClH/c1-14-7-4-8-15-13(16)11-9-17-12-6-3-2-5-10(11)12;/h9,14H,2-8H2,1H3,(H,15,16);1H. The molecule has 18 heavy (non-hydrogen) atoms. The molecule has 2 rings (SSSR count). The van der Waals surface area contributed by atoms with Crippen molar-refractivity contribution in [3.05, 3.63) is 21.4 Å². The minimum atomic E-state index is 0. The largest absolute Gasteiger partial charge is 0.352 e. The Kier molecular flexibility index (Phi) is 6.68. The van der Waals surface area contributed by atoms with Gasteiger partial charge in [-0.3, -0.25) is 4.79 Å². The number of hydrogen-bond acceptors (Lipinski definition) is 3. The van der Waals surface area contributed by atoms with Crippen LogP contribution in [0.5, 0.6) is 0 Å². The Morgan fingerprint density at radius 3 is 2.89 bits per heavy atom.